The maximum atomic E-state index is 8.74. The molecule has 0 spiro atoms. The highest BCUT2D eigenvalue weighted by Gasteiger charge is 2.06. The predicted molar refractivity (Wildman–Crippen MR) is 68.5 cm³/mol. The molecule has 4 heteroatoms. The summed E-state index contributed by atoms with van der Waals surface area (Å²) in [6.07, 6.45) is 1.80. The normalized spacial score (nSPS) is 12.0. The van der Waals surface area contributed by atoms with Gasteiger partial charge in [-0.05, 0) is 31.2 Å². The van der Waals surface area contributed by atoms with Crippen LogP contribution in [-0.4, -0.2) is 4.98 Å². The molecule has 3 nitrogen and oxygen atoms in total. The molecule has 0 aliphatic heterocycles. The highest BCUT2D eigenvalue weighted by atomic mass is 32.1. The average molecular weight is 243 g/mol. The zero-order valence-corrected chi connectivity index (χ0v) is 10.4. The molecule has 2 aromatic rings. The van der Waals surface area contributed by atoms with Crippen molar-refractivity contribution in [2.75, 3.05) is 0 Å². The monoisotopic (exact) mass is 243 g/mol. The van der Waals surface area contributed by atoms with Gasteiger partial charge in [0, 0.05) is 23.7 Å². The number of nitrogens with zero attached hydrogens (tertiary/aromatic N) is 2. The summed E-state index contributed by atoms with van der Waals surface area (Å²) in [7, 11) is 0. The summed E-state index contributed by atoms with van der Waals surface area (Å²) in [5, 5.41) is 12.1. The smallest absolute Gasteiger partial charge is 0.110 e. The minimum absolute atomic E-state index is 0.212. The minimum Gasteiger partial charge on any atom is -0.304 e. The molecule has 0 aromatic carbocycles. The first kappa shape index (κ1) is 11.8. The van der Waals surface area contributed by atoms with Gasteiger partial charge < -0.3 is 5.32 Å². The van der Waals surface area contributed by atoms with E-state index in [1.807, 2.05) is 30.3 Å². The van der Waals surface area contributed by atoms with Crippen molar-refractivity contribution in [2.45, 2.75) is 19.5 Å². The lowest BCUT2D eigenvalue weighted by molar-refractivity contribution is 0.565. The Labute approximate surface area is 105 Å². The number of aromatic nitrogens is 1. The molecule has 0 saturated heterocycles. The van der Waals surface area contributed by atoms with E-state index < -0.39 is 0 Å². The van der Waals surface area contributed by atoms with E-state index in [-0.39, 0.29) is 6.04 Å². The van der Waals surface area contributed by atoms with Crippen LogP contribution in [0.25, 0.3) is 0 Å². The van der Waals surface area contributed by atoms with Crippen LogP contribution >= 0.6 is 11.3 Å². The van der Waals surface area contributed by atoms with Crippen molar-refractivity contribution >= 4 is 11.3 Å². The van der Waals surface area contributed by atoms with Crippen molar-refractivity contribution in [3.63, 3.8) is 0 Å². The van der Waals surface area contributed by atoms with Crippen LogP contribution in [0.3, 0.4) is 0 Å². The van der Waals surface area contributed by atoms with E-state index in [0.29, 0.717) is 0 Å². The molecule has 0 aliphatic carbocycles. The number of nitrogens with one attached hydrogen (secondary N) is 1. The average Bonchev–Trinajstić information content (AvgIpc) is 2.85. The maximum absolute atomic E-state index is 8.74. The molecular formula is C13H13N3S. The molecule has 0 bridgehead atoms. The quantitative estimate of drug-likeness (QED) is 0.898. The Morgan fingerprint density at radius 3 is 2.94 bits per heavy atom. The minimum atomic E-state index is 0.212. The fraction of sp³-hybridized carbons (Fsp3) is 0.231. The summed E-state index contributed by atoms with van der Waals surface area (Å²) in [4.78, 5) is 6.23. The lowest BCUT2D eigenvalue weighted by atomic mass is 10.2. The molecule has 17 heavy (non-hydrogen) atoms. The second-order valence-corrected chi connectivity index (χ2v) is 4.90. The second-order valence-electron chi connectivity index (χ2n) is 3.73. The van der Waals surface area contributed by atoms with Crippen LogP contribution in [0.15, 0.2) is 36.5 Å². The van der Waals surface area contributed by atoms with E-state index in [1.54, 1.807) is 6.20 Å². The van der Waals surface area contributed by atoms with Crippen molar-refractivity contribution in [3.8, 4) is 6.07 Å². The van der Waals surface area contributed by atoms with Gasteiger partial charge in [0.2, 0.25) is 0 Å². The van der Waals surface area contributed by atoms with Crippen molar-refractivity contribution in [3.05, 3.63) is 52.0 Å². The Morgan fingerprint density at radius 1 is 1.41 bits per heavy atom. The molecule has 0 fully saturated rings. The van der Waals surface area contributed by atoms with Crippen molar-refractivity contribution < 1.29 is 0 Å². The van der Waals surface area contributed by atoms with Crippen LogP contribution in [0.1, 0.15) is 28.4 Å². The van der Waals surface area contributed by atoms with E-state index in [4.69, 9.17) is 5.26 Å². The highest BCUT2D eigenvalue weighted by molar-refractivity contribution is 7.12. The number of thiophene rings is 1. The van der Waals surface area contributed by atoms with E-state index in [2.05, 4.69) is 23.3 Å². The number of rotatable bonds is 4. The summed E-state index contributed by atoms with van der Waals surface area (Å²) in [6, 6.07) is 12.1. The Morgan fingerprint density at radius 2 is 2.29 bits per heavy atom. The van der Waals surface area contributed by atoms with Gasteiger partial charge in [-0.1, -0.05) is 6.07 Å². The molecule has 1 N–H and O–H groups in total. The van der Waals surface area contributed by atoms with Gasteiger partial charge in [0.15, 0.2) is 0 Å². The molecule has 0 amide bonds. The Kier molecular flexibility index (Phi) is 3.86. The standard InChI is InChI=1S/C13H13N3S/c1-10(13-4-2-3-7-15-13)16-9-12-6-5-11(8-14)17-12/h2-7,10,16H,9H2,1H3/t10-/m1/s1. The Balaban J connectivity index is 1.92. The number of hydrogen-bond donors (Lipinski definition) is 1. The molecule has 2 aromatic heterocycles. The number of hydrogen-bond acceptors (Lipinski definition) is 4. The molecule has 2 rings (SSSR count). The van der Waals surface area contributed by atoms with Crippen molar-refractivity contribution in [1.82, 2.24) is 10.3 Å². The lowest BCUT2D eigenvalue weighted by Crippen LogP contribution is -2.18. The van der Waals surface area contributed by atoms with Gasteiger partial charge in [0.25, 0.3) is 0 Å². The third-order valence-corrected chi connectivity index (χ3v) is 3.48. The van der Waals surface area contributed by atoms with Gasteiger partial charge in [-0.3, -0.25) is 4.98 Å². The van der Waals surface area contributed by atoms with Gasteiger partial charge in [-0.25, -0.2) is 0 Å². The molecule has 1 atom stereocenters. The summed E-state index contributed by atoms with van der Waals surface area (Å²) in [6.45, 7) is 2.85. The molecule has 0 unspecified atom stereocenters. The summed E-state index contributed by atoms with van der Waals surface area (Å²) in [5.74, 6) is 0. The van der Waals surface area contributed by atoms with Crippen LogP contribution in [0.2, 0.25) is 0 Å². The molecular weight excluding hydrogens is 230 g/mol. The number of pyridine rings is 1. The highest BCUT2D eigenvalue weighted by Crippen LogP contribution is 2.16. The predicted octanol–water partition coefficient (Wildman–Crippen LogP) is 2.87. The summed E-state index contributed by atoms with van der Waals surface area (Å²) >= 11 is 1.53. The van der Waals surface area contributed by atoms with Crippen molar-refractivity contribution in [1.29, 1.82) is 5.26 Å². The Bertz CT molecular complexity index is 513. The number of nitriles is 1. The zero-order chi connectivity index (χ0) is 12.1. The largest absolute Gasteiger partial charge is 0.304 e. The fourth-order valence-corrected chi connectivity index (χ4v) is 2.28. The van der Waals surface area contributed by atoms with Crippen LogP contribution in [-0.2, 0) is 6.54 Å². The van der Waals surface area contributed by atoms with Gasteiger partial charge in [0.1, 0.15) is 10.9 Å². The second kappa shape index (κ2) is 5.58. The molecule has 0 aliphatic rings. The van der Waals surface area contributed by atoms with Crippen LogP contribution < -0.4 is 5.32 Å². The van der Waals surface area contributed by atoms with E-state index in [1.165, 1.54) is 16.2 Å². The first-order valence-electron chi connectivity index (χ1n) is 5.42. The molecule has 2 heterocycles. The van der Waals surface area contributed by atoms with Crippen LogP contribution in [0.5, 0.6) is 0 Å². The molecule has 0 radical (unpaired) electrons. The van der Waals surface area contributed by atoms with Gasteiger partial charge in [-0.2, -0.15) is 5.26 Å². The van der Waals surface area contributed by atoms with E-state index >= 15 is 0 Å². The third kappa shape index (κ3) is 3.13. The SMILES string of the molecule is C[C@@H](NCc1ccc(C#N)s1)c1ccccn1. The molecule has 86 valence electrons. The lowest BCUT2D eigenvalue weighted by Gasteiger charge is -2.11. The topological polar surface area (TPSA) is 48.7 Å². The zero-order valence-electron chi connectivity index (χ0n) is 9.55. The van der Waals surface area contributed by atoms with E-state index in [0.717, 1.165) is 17.1 Å². The fourth-order valence-electron chi connectivity index (χ4n) is 1.52. The van der Waals surface area contributed by atoms with Crippen LogP contribution in [0.4, 0.5) is 0 Å². The van der Waals surface area contributed by atoms with Crippen molar-refractivity contribution in [2.24, 2.45) is 0 Å². The maximum Gasteiger partial charge on any atom is 0.110 e. The first-order chi connectivity index (χ1) is 8.29. The van der Waals surface area contributed by atoms with E-state index in [9.17, 15) is 0 Å². The molecule has 0 saturated carbocycles. The van der Waals surface area contributed by atoms with Gasteiger partial charge >= 0.3 is 0 Å². The third-order valence-electron chi connectivity index (χ3n) is 2.49. The Hall–Kier alpha value is -1.70. The summed E-state index contributed by atoms with van der Waals surface area (Å²) in [5.41, 5.74) is 1.03. The van der Waals surface area contributed by atoms with Gasteiger partial charge in [-0.15, -0.1) is 11.3 Å². The summed E-state index contributed by atoms with van der Waals surface area (Å²) < 4.78 is 0. The first-order valence-corrected chi connectivity index (χ1v) is 6.24. The van der Waals surface area contributed by atoms with Crippen LogP contribution in [0, 0.1) is 11.3 Å². The van der Waals surface area contributed by atoms with Gasteiger partial charge in [0.05, 0.1) is 5.69 Å².